The minimum Gasteiger partial charge on any atom is -0.469 e. The predicted octanol–water partition coefficient (Wildman–Crippen LogP) is 4.34. The van der Waals surface area contributed by atoms with Crippen LogP contribution in [-0.2, 0) is 38.0 Å². The second-order valence-electron chi connectivity index (χ2n) is 9.39. The molecule has 0 spiro atoms. The zero-order valence-electron chi connectivity index (χ0n) is 32.1. The molecule has 0 aromatic heterocycles. The summed E-state index contributed by atoms with van der Waals surface area (Å²) < 4.78 is 24.6. The molecule has 0 unspecified atom stereocenters. The fourth-order valence-electron chi connectivity index (χ4n) is 1.42. The van der Waals surface area contributed by atoms with E-state index in [9.17, 15) is 28.8 Å². The highest BCUT2D eigenvalue weighted by Gasteiger charge is 2.02. The molecule has 0 radical (unpaired) electrons. The van der Waals surface area contributed by atoms with Gasteiger partial charge in [-0.1, -0.05) is 14.9 Å². The number of esters is 2. The van der Waals surface area contributed by atoms with Crippen LogP contribution in [0.4, 0.5) is 19.2 Å². The maximum atomic E-state index is 10.8. The second kappa shape index (κ2) is 51.5. The lowest BCUT2D eigenvalue weighted by Gasteiger charge is -2.14. The molecular formula is C31H72N6O12S. The van der Waals surface area contributed by atoms with Crippen molar-refractivity contribution in [3.63, 3.8) is 0 Å². The van der Waals surface area contributed by atoms with E-state index >= 15 is 0 Å². The molecule has 0 heterocycles. The van der Waals surface area contributed by atoms with Gasteiger partial charge >= 0.3 is 36.3 Å². The summed E-state index contributed by atoms with van der Waals surface area (Å²) in [6, 6.07) is 1.15. The molecule has 0 saturated carbocycles. The topological polar surface area (TPSA) is 230 Å². The molecule has 0 fully saturated rings. The maximum absolute atomic E-state index is 10.8. The van der Waals surface area contributed by atoms with Gasteiger partial charge in [0.2, 0.25) is 0 Å². The third-order valence-electron chi connectivity index (χ3n) is 3.37. The molecule has 304 valence electrons. The average Bonchev–Trinajstić information content (AvgIpc) is 2.99. The number of ether oxygens (including phenoxy) is 6. The Morgan fingerprint density at radius 2 is 0.680 bits per heavy atom. The Morgan fingerprint density at radius 3 is 0.760 bits per heavy atom. The van der Waals surface area contributed by atoms with Gasteiger partial charge < -0.3 is 60.3 Å². The highest BCUT2D eigenvalue weighted by atomic mass is 32.1. The number of nitrogens with one attached hydrogen (secondary N) is 6. The first-order valence-corrected chi connectivity index (χ1v) is 14.8. The maximum Gasteiger partial charge on any atom is 0.507 e. The van der Waals surface area contributed by atoms with Crippen LogP contribution in [-0.4, -0.2) is 122 Å². The van der Waals surface area contributed by atoms with Gasteiger partial charge in [-0.3, -0.25) is 9.59 Å². The molecule has 4 amide bonds. The Hall–Kier alpha value is -4.29. The molecule has 18 nitrogen and oxygen atoms in total. The van der Waals surface area contributed by atoms with Gasteiger partial charge in [-0.25, -0.2) is 19.2 Å². The molecule has 0 aliphatic carbocycles. The first-order chi connectivity index (χ1) is 22.0. The minimum atomic E-state index is -0.657. The summed E-state index contributed by atoms with van der Waals surface area (Å²) in [5.74, 6) is -0.491. The normalized spacial score (nSPS) is 7.96. The zero-order valence-corrected chi connectivity index (χ0v) is 32.9. The molecule has 0 aromatic carbocycles. The molecule has 0 aliphatic heterocycles. The fourth-order valence-corrected chi connectivity index (χ4v) is 1.89. The minimum absolute atomic E-state index is 0. The van der Waals surface area contributed by atoms with Crippen molar-refractivity contribution in [2.75, 3.05) is 56.8 Å². The largest absolute Gasteiger partial charge is 0.507 e. The van der Waals surface area contributed by atoms with Gasteiger partial charge in [0.15, 0.2) is 5.11 Å². The van der Waals surface area contributed by atoms with Gasteiger partial charge in [0.05, 0.1) is 42.7 Å². The van der Waals surface area contributed by atoms with Gasteiger partial charge in [-0.2, -0.15) is 0 Å². The summed E-state index contributed by atoms with van der Waals surface area (Å²) in [6.07, 6.45) is -1.47. The van der Waals surface area contributed by atoms with E-state index in [-0.39, 0.29) is 44.9 Å². The van der Waals surface area contributed by atoms with Crippen LogP contribution in [0.15, 0.2) is 0 Å². The smallest absolute Gasteiger partial charge is 0.469 e. The Bertz CT molecular complexity index is 710. The van der Waals surface area contributed by atoms with E-state index in [2.05, 4.69) is 88.0 Å². The van der Waals surface area contributed by atoms with Gasteiger partial charge in [-0.05, 0) is 67.6 Å². The first-order valence-electron chi connectivity index (χ1n) is 14.4. The third-order valence-corrected chi connectivity index (χ3v) is 3.60. The van der Waals surface area contributed by atoms with E-state index in [0.29, 0.717) is 12.1 Å². The van der Waals surface area contributed by atoms with Gasteiger partial charge in [0.1, 0.15) is 0 Å². The van der Waals surface area contributed by atoms with E-state index in [1.54, 1.807) is 0 Å². The monoisotopic (exact) mass is 752 g/mol. The number of alkyl carbamates (subject to hydrolysis) is 2. The molecule has 19 heteroatoms. The summed E-state index contributed by atoms with van der Waals surface area (Å²) in [5, 5.41) is 16.9. The lowest BCUT2D eigenvalue weighted by molar-refractivity contribution is -0.138. The number of hydrogen-bond donors (Lipinski definition) is 6. The molecule has 50 heavy (non-hydrogen) atoms. The Kier molecular flexibility index (Phi) is 69.9. The van der Waals surface area contributed by atoms with E-state index in [1.165, 1.54) is 70.6 Å². The molecule has 0 aromatic rings. The van der Waals surface area contributed by atoms with Gasteiger partial charge in [-0.15, -0.1) is 0 Å². The fraction of sp³-hybridized carbons (Fsp3) is 0.774. The van der Waals surface area contributed by atoms with Crippen LogP contribution in [0.5, 0.6) is 0 Å². The van der Waals surface area contributed by atoms with Gasteiger partial charge in [0, 0.05) is 52.1 Å². The van der Waals surface area contributed by atoms with Crippen LogP contribution in [0.3, 0.4) is 0 Å². The quantitative estimate of drug-likeness (QED) is 0.133. The molecule has 0 rings (SSSR count). The van der Waals surface area contributed by atoms with Crippen LogP contribution >= 0.6 is 12.2 Å². The number of amides is 4. The second-order valence-corrected chi connectivity index (χ2v) is 9.80. The summed E-state index contributed by atoms with van der Waals surface area (Å²) in [7, 11) is 10.9. The Labute approximate surface area is 307 Å². The molecule has 0 aliphatic rings. The van der Waals surface area contributed by atoms with Crippen molar-refractivity contribution in [2.24, 2.45) is 0 Å². The Balaban J connectivity index is -0.0000000567. The highest BCUT2D eigenvalue weighted by molar-refractivity contribution is 7.80. The number of carbonyl (C=O) groups is 6. The van der Waals surface area contributed by atoms with Crippen LogP contribution in [0, 0.1) is 0 Å². The van der Waals surface area contributed by atoms with Crippen LogP contribution in [0.2, 0.25) is 0 Å². The van der Waals surface area contributed by atoms with Crippen molar-refractivity contribution in [1.82, 2.24) is 31.9 Å². The van der Waals surface area contributed by atoms with Crippen LogP contribution in [0.1, 0.15) is 84.1 Å². The molecule has 0 saturated heterocycles. The highest BCUT2D eigenvalue weighted by Crippen LogP contribution is 1.81. The summed E-state index contributed by atoms with van der Waals surface area (Å²) in [6.45, 7) is 18.7. The summed E-state index contributed by atoms with van der Waals surface area (Å²) in [5.41, 5.74) is 0. The standard InChI is InChI=1S/C7H16N2O.C7H16N2S.2C3H7NO2.C3H6O3.2C3H6O2.2CH4/c2*1-5(2)8-7(10)9-6(3)4;2*1-4-3(5)6-2;1-5-3(4)6-2;2*1-3(4)5-2;;/h2*5-6H,1-4H3,(H2,8,9,10);2*1-2H3,(H,4,5);1-2H3;2*1-2H3;2*1H4. The zero-order chi connectivity index (χ0) is 39.8. The number of thiocarbonyl (C=S) groups is 1. The van der Waals surface area contributed by atoms with Crippen molar-refractivity contribution in [3.05, 3.63) is 0 Å². The van der Waals surface area contributed by atoms with Crippen molar-refractivity contribution in [3.8, 4) is 0 Å². The van der Waals surface area contributed by atoms with Crippen molar-refractivity contribution < 1.29 is 57.2 Å². The van der Waals surface area contributed by atoms with E-state index in [0.717, 1.165) is 5.11 Å². The lowest BCUT2D eigenvalue weighted by Crippen LogP contribution is -2.42. The van der Waals surface area contributed by atoms with Crippen LogP contribution in [0.25, 0.3) is 0 Å². The molecule has 6 N–H and O–H groups in total. The van der Waals surface area contributed by atoms with E-state index in [4.69, 9.17) is 12.2 Å². The number of carbonyl (C=O) groups excluding carboxylic acids is 6. The van der Waals surface area contributed by atoms with E-state index < -0.39 is 18.3 Å². The molecular weight excluding hydrogens is 680 g/mol. The predicted molar refractivity (Wildman–Crippen MR) is 202 cm³/mol. The number of rotatable bonds is 4. The molecule has 0 bridgehead atoms. The molecule has 0 atom stereocenters. The number of urea groups is 1. The lowest BCUT2D eigenvalue weighted by atomic mass is 10.4. The van der Waals surface area contributed by atoms with Crippen molar-refractivity contribution in [1.29, 1.82) is 0 Å². The van der Waals surface area contributed by atoms with E-state index in [1.807, 2.05) is 27.7 Å². The number of hydrogen-bond acceptors (Lipinski definition) is 13. The van der Waals surface area contributed by atoms with Crippen molar-refractivity contribution in [2.45, 2.75) is 108 Å². The Morgan fingerprint density at radius 1 is 0.460 bits per heavy atom. The summed E-state index contributed by atoms with van der Waals surface area (Å²) in [4.78, 5) is 59.5. The third kappa shape index (κ3) is 104. The van der Waals surface area contributed by atoms with Crippen LogP contribution < -0.4 is 31.9 Å². The average molecular weight is 753 g/mol. The SMILES string of the molecule is C.C.CC(C)NC(=O)NC(C)C.CC(C)NC(=S)NC(C)C.CNC(=O)OC.CNC(=O)OC.COC(=O)OC.COC(C)=O.COC(C)=O. The van der Waals surface area contributed by atoms with Gasteiger partial charge in [0.25, 0.3) is 0 Å². The van der Waals surface area contributed by atoms with Crippen molar-refractivity contribution >= 4 is 53.6 Å². The number of methoxy groups -OCH3 is 6. The summed E-state index contributed by atoms with van der Waals surface area (Å²) >= 11 is 4.98. The first kappa shape index (κ1) is 67.8.